The van der Waals surface area contributed by atoms with Crippen LogP contribution < -0.4 is 5.32 Å². The molecule has 0 spiro atoms. The van der Waals surface area contributed by atoms with E-state index in [0.717, 1.165) is 34.3 Å². The van der Waals surface area contributed by atoms with Gasteiger partial charge in [0.2, 0.25) is 0 Å². The van der Waals surface area contributed by atoms with Gasteiger partial charge in [0.1, 0.15) is 11.2 Å². The van der Waals surface area contributed by atoms with Gasteiger partial charge in [-0.15, -0.1) is 0 Å². The molecule has 1 atom stereocenters. The number of ketones is 1. The Morgan fingerprint density at radius 1 is 0.864 bits per heavy atom. The summed E-state index contributed by atoms with van der Waals surface area (Å²) in [4.78, 5) is 51.1. The average Bonchev–Trinajstić information content (AvgIpc) is 2.91. The normalized spacial score (nSPS) is 21.6. The highest BCUT2D eigenvalue weighted by molar-refractivity contribution is 8.14. The lowest BCUT2D eigenvalue weighted by molar-refractivity contribution is -0.157. The maximum absolute atomic E-state index is 13.2. The van der Waals surface area contributed by atoms with Gasteiger partial charge in [-0.25, -0.2) is 4.99 Å². The standard InChI is InChI=1S/C33H49N5O5S/c1-32(2,3)42-28(39)22-36-15-13-34-14-16-37(23-29(40)43-33(4,5)6)18-20-38(19-17-36)21-24-11-12-26-30(41)25-9-7-8-10-27(25)44-31(26)35-24/h7-11,26,34H,12-23H2,1-6H3. The second-order valence-electron chi connectivity index (χ2n) is 13.6. The van der Waals surface area contributed by atoms with Crippen molar-refractivity contribution >= 4 is 34.5 Å². The summed E-state index contributed by atoms with van der Waals surface area (Å²) in [6.45, 7) is 18.0. The van der Waals surface area contributed by atoms with E-state index in [2.05, 4.69) is 26.1 Å². The molecule has 11 heteroatoms. The zero-order chi connectivity index (χ0) is 31.9. The van der Waals surface area contributed by atoms with E-state index in [1.165, 1.54) is 0 Å². The molecule has 0 amide bonds. The van der Waals surface area contributed by atoms with Gasteiger partial charge in [0.05, 0.1) is 29.7 Å². The van der Waals surface area contributed by atoms with Gasteiger partial charge < -0.3 is 14.8 Å². The summed E-state index contributed by atoms with van der Waals surface area (Å²) in [6.07, 6.45) is 2.74. The minimum Gasteiger partial charge on any atom is -0.459 e. The van der Waals surface area contributed by atoms with Crippen LogP contribution in [-0.4, -0.2) is 121 Å². The number of esters is 2. The van der Waals surface area contributed by atoms with E-state index in [-0.39, 0.29) is 36.7 Å². The third-order valence-electron chi connectivity index (χ3n) is 7.43. The second kappa shape index (κ2) is 15.1. The van der Waals surface area contributed by atoms with E-state index in [0.29, 0.717) is 52.2 Å². The van der Waals surface area contributed by atoms with Crippen molar-refractivity contribution in [3.05, 3.63) is 41.6 Å². The fourth-order valence-corrected chi connectivity index (χ4v) is 6.57. The van der Waals surface area contributed by atoms with Gasteiger partial charge in [0.15, 0.2) is 5.78 Å². The molecule has 1 saturated heterocycles. The number of hydrogen-bond donors (Lipinski definition) is 1. The average molecular weight is 628 g/mol. The van der Waals surface area contributed by atoms with E-state index in [1.807, 2.05) is 65.8 Å². The summed E-state index contributed by atoms with van der Waals surface area (Å²) < 4.78 is 11.2. The molecule has 1 aromatic rings. The van der Waals surface area contributed by atoms with Crippen LogP contribution in [0.3, 0.4) is 0 Å². The Morgan fingerprint density at radius 3 is 1.98 bits per heavy atom. The number of allylic oxidation sites excluding steroid dienone is 1. The molecule has 3 heterocycles. The summed E-state index contributed by atoms with van der Waals surface area (Å²) in [5.41, 5.74) is 0.664. The van der Waals surface area contributed by atoms with Crippen LogP contribution in [0, 0.1) is 5.92 Å². The van der Waals surface area contributed by atoms with Gasteiger partial charge in [-0.2, -0.15) is 0 Å². The number of ether oxygens (including phenoxy) is 2. The molecule has 4 rings (SSSR count). The van der Waals surface area contributed by atoms with Crippen LogP contribution in [0.4, 0.5) is 0 Å². The number of thioether (sulfide) groups is 1. The zero-order valence-electron chi connectivity index (χ0n) is 27.2. The predicted octanol–water partition coefficient (Wildman–Crippen LogP) is 3.47. The van der Waals surface area contributed by atoms with Gasteiger partial charge >= 0.3 is 11.9 Å². The van der Waals surface area contributed by atoms with Gasteiger partial charge in [-0.05, 0) is 54.0 Å². The topological polar surface area (TPSA) is 104 Å². The Morgan fingerprint density at radius 2 is 1.41 bits per heavy atom. The van der Waals surface area contributed by atoms with Gasteiger partial charge in [0.25, 0.3) is 0 Å². The Hall–Kier alpha value is -2.57. The molecule has 1 N–H and O–H groups in total. The summed E-state index contributed by atoms with van der Waals surface area (Å²) in [7, 11) is 0. The Bertz CT molecular complexity index is 1210. The van der Waals surface area contributed by atoms with Gasteiger partial charge in [-0.1, -0.05) is 36.0 Å². The number of hydrogen-bond acceptors (Lipinski definition) is 11. The summed E-state index contributed by atoms with van der Waals surface area (Å²) in [5.74, 6) is -0.534. The predicted molar refractivity (Wildman–Crippen MR) is 174 cm³/mol. The quantitative estimate of drug-likeness (QED) is 0.472. The Kier molecular flexibility index (Phi) is 11.8. The van der Waals surface area contributed by atoms with Crippen LogP contribution in [0.2, 0.25) is 0 Å². The Balaban J connectivity index is 1.47. The molecule has 1 fully saturated rings. The number of carbonyl (C=O) groups excluding carboxylic acids is 3. The van der Waals surface area contributed by atoms with Crippen LogP contribution in [-0.2, 0) is 19.1 Å². The number of benzene rings is 1. The monoisotopic (exact) mass is 627 g/mol. The molecule has 0 radical (unpaired) electrons. The van der Waals surface area contributed by atoms with Crippen molar-refractivity contribution in [2.24, 2.45) is 10.9 Å². The highest BCUT2D eigenvalue weighted by Crippen LogP contribution is 2.39. The molecule has 242 valence electrons. The lowest BCUT2D eigenvalue weighted by atomic mass is 9.93. The molecule has 0 saturated carbocycles. The number of fused-ring (bicyclic) bond motifs is 2. The molecule has 0 aromatic heterocycles. The van der Waals surface area contributed by atoms with Crippen molar-refractivity contribution in [1.29, 1.82) is 0 Å². The van der Waals surface area contributed by atoms with Gasteiger partial charge in [0, 0.05) is 69.4 Å². The lowest BCUT2D eigenvalue weighted by Gasteiger charge is -2.33. The molecule has 1 aromatic carbocycles. The van der Waals surface area contributed by atoms with Crippen LogP contribution in [0.1, 0.15) is 58.3 Å². The van der Waals surface area contributed by atoms with Crippen LogP contribution in [0.25, 0.3) is 0 Å². The summed E-state index contributed by atoms with van der Waals surface area (Å²) in [6, 6.07) is 7.75. The third kappa shape index (κ3) is 10.8. The number of carbonyl (C=O) groups is 3. The molecular formula is C33H49N5O5S. The number of Topliss-reactive ketones (excluding diaryl/α,β-unsaturated/α-hetero) is 1. The van der Waals surface area contributed by atoms with Crippen molar-refractivity contribution in [2.75, 3.05) is 72.0 Å². The van der Waals surface area contributed by atoms with Crippen molar-refractivity contribution in [1.82, 2.24) is 20.0 Å². The first-order valence-corrected chi connectivity index (χ1v) is 16.5. The maximum Gasteiger partial charge on any atom is 0.320 e. The molecule has 3 aliphatic heterocycles. The summed E-state index contributed by atoms with van der Waals surface area (Å²) in [5, 5.41) is 4.33. The van der Waals surface area contributed by atoms with E-state index in [1.54, 1.807) is 11.8 Å². The molecule has 10 nitrogen and oxygen atoms in total. The summed E-state index contributed by atoms with van der Waals surface area (Å²) >= 11 is 1.60. The van der Waals surface area contributed by atoms with Gasteiger partial charge in [-0.3, -0.25) is 29.1 Å². The van der Waals surface area contributed by atoms with Crippen molar-refractivity contribution in [3.8, 4) is 0 Å². The number of nitrogens with zero attached hydrogens (tertiary/aromatic N) is 4. The first-order valence-electron chi connectivity index (χ1n) is 15.7. The largest absolute Gasteiger partial charge is 0.459 e. The first-order chi connectivity index (χ1) is 20.8. The fraction of sp³-hybridized carbons (Fsp3) is 0.636. The highest BCUT2D eigenvalue weighted by atomic mass is 32.2. The SMILES string of the molecule is CC(C)(C)OC(=O)CN1CCNCCN(CC(=O)OC(C)(C)C)CCN(CC2=CCC3C(=O)c4ccccc4SC3=N2)CC1. The molecule has 1 unspecified atom stereocenters. The van der Waals surface area contributed by atoms with Crippen molar-refractivity contribution in [3.63, 3.8) is 0 Å². The van der Waals surface area contributed by atoms with E-state index in [4.69, 9.17) is 14.5 Å². The van der Waals surface area contributed by atoms with Crippen LogP contribution >= 0.6 is 11.8 Å². The van der Waals surface area contributed by atoms with E-state index >= 15 is 0 Å². The minimum absolute atomic E-state index is 0.142. The maximum atomic E-state index is 13.2. The minimum atomic E-state index is -0.533. The fourth-order valence-electron chi connectivity index (χ4n) is 5.41. The second-order valence-corrected chi connectivity index (χ2v) is 14.7. The molecule has 44 heavy (non-hydrogen) atoms. The van der Waals surface area contributed by atoms with E-state index in [9.17, 15) is 14.4 Å². The highest BCUT2D eigenvalue weighted by Gasteiger charge is 2.34. The van der Waals surface area contributed by atoms with Crippen LogP contribution in [0.15, 0.2) is 45.9 Å². The molecule has 0 aliphatic carbocycles. The number of aliphatic imine (C=N–C) groups is 1. The lowest BCUT2D eigenvalue weighted by Crippen LogP contribution is -2.47. The van der Waals surface area contributed by atoms with E-state index < -0.39 is 11.2 Å². The smallest absolute Gasteiger partial charge is 0.320 e. The van der Waals surface area contributed by atoms with Crippen molar-refractivity contribution < 1.29 is 23.9 Å². The number of rotatable bonds is 6. The Labute approximate surface area is 266 Å². The first kappa shape index (κ1) is 34.3. The third-order valence-corrected chi connectivity index (χ3v) is 8.59. The number of nitrogens with one attached hydrogen (secondary N) is 1. The zero-order valence-corrected chi connectivity index (χ0v) is 28.0. The molecule has 0 bridgehead atoms. The molecule has 3 aliphatic rings. The van der Waals surface area contributed by atoms with Crippen LogP contribution in [0.5, 0.6) is 0 Å². The van der Waals surface area contributed by atoms with Crippen molar-refractivity contribution in [2.45, 2.75) is 64.1 Å². The molecular weight excluding hydrogens is 578 g/mol.